The number of carbonyl (C=O) groups is 2. The van der Waals surface area contributed by atoms with Gasteiger partial charge < -0.3 is 15.2 Å². The maximum absolute atomic E-state index is 12.0. The lowest BCUT2D eigenvalue weighted by Crippen LogP contribution is -2.40. The Morgan fingerprint density at radius 1 is 1.22 bits per heavy atom. The number of H-pyrrole nitrogens is 1. The molecule has 1 saturated heterocycles. The van der Waals surface area contributed by atoms with Crippen LogP contribution in [0.15, 0.2) is 18.5 Å². The van der Waals surface area contributed by atoms with Crippen LogP contribution in [0, 0.1) is 0 Å². The average molecular weight is 247 g/mol. The Hall–Kier alpha value is -1.78. The summed E-state index contributed by atoms with van der Waals surface area (Å²) in [5.74, 6) is 0.327. The molecule has 2 heterocycles. The van der Waals surface area contributed by atoms with Crippen molar-refractivity contribution in [3.8, 4) is 0 Å². The largest absolute Gasteiger partial charge is 0.367 e. The molecule has 2 fully saturated rings. The molecule has 1 unspecified atom stereocenters. The molecule has 1 aliphatic carbocycles. The van der Waals surface area contributed by atoms with Gasteiger partial charge in [0, 0.05) is 37.8 Å². The van der Waals surface area contributed by atoms with Crippen LogP contribution in [0.3, 0.4) is 0 Å². The SMILES string of the molecule is O=C1CCC(N2CC(c3cc[nH]c3)NC2=O)CC1. The fourth-order valence-electron chi connectivity index (χ4n) is 2.85. The van der Waals surface area contributed by atoms with Crippen LogP contribution in [0.4, 0.5) is 4.79 Å². The molecule has 1 saturated carbocycles. The van der Waals surface area contributed by atoms with Crippen molar-refractivity contribution in [2.45, 2.75) is 37.8 Å². The molecular weight excluding hydrogens is 230 g/mol. The van der Waals surface area contributed by atoms with Gasteiger partial charge in [-0.3, -0.25) is 4.79 Å². The molecule has 0 bridgehead atoms. The molecule has 1 atom stereocenters. The Labute approximate surface area is 106 Å². The van der Waals surface area contributed by atoms with E-state index in [1.54, 1.807) is 0 Å². The summed E-state index contributed by atoms with van der Waals surface area (Å²) in [6, 6.07) is 2.28. The summed E-state index contributed by atoms with van der Waals surface area (Å²) < 4.78 is 0. The summed E-state index contributed by atoms with van der Waals surface area (Å²) >= 11 is 0. The number of urea groups is 1. The standard InChI is InChI=1S/C13H17N3O2/c17-11-3-1-10(2-4-11)16-8-12(15-13(16)18)9-5-6-14-7-9/h5-7,10,12,14H,1-4,8H2,(H,15,18). The van der Waals surface area contributed by atoms with Crippen LogP contribution in [0.2, 0.25) is 0 Å². The van der Waals surface area contributed by atoms with Crippen molar-refractivity contribution in [2.75, 3.05) is 6.54 Å². The number of nitrogens with one attached hydrogen (secondary N) is 2. The van der Waals surface area contributed by atoms with E-state index >= 15 is 0 Å². The van der Waals surface area contributed by atoms with E-state index in [-0.39, 0.29) is 18.1 Å². The van der Waals surface area contributed by atoms with Gasteiger partial charge in [-0.15, -0.1) is 0 Å². The lowest BCUT2D eigenvalue weighted by Gasteiger charge is -2.29. The highest BCUT2D eigenvalue weighted by Crippen LogP contribution is 2.27. The van der Waals surface area contributed by atoms with Crippen LogP contribution in [-0.2, 0) is 4.79 Å². The van der Waals surface area contributed by atoms with E-state index in [4.69, 9.17) is 0 Å². The highest BCUT2D eigenvalue weighted by atomic mass is 16.2. The molecule has 0 radical (unpaired) electrons. The van der Waals surface area contributed by atoms with E-state index in [1.165, 1.54) is 0 Å². The molecule has 96 valence electrons. The van der Waals surface area contributed by atoms with E-state index in [2.05, 4.69) is 10.3 Å². The summed E-state index contributed by atoms with van der Waals surface area (Å²) in [5.41, 5.74) is 1.11. The van der Waals surface area contributed by atoms with Crippen molar-refractivity contribution >= 4 is 11.8 Å². The zero-order valence-corrected chi connectivity index (χ0v) is 10.2. The maximum atomic E-state index is 12.0. The molecule has 1 aromatic heterocycles. The van der Waals surface area contributed by atoms with E-state index in [0.29, 0.717) is 25.2 Å². The number of carbonyl (C=O) groups excluding carboxylic acids is 2. The fraction of sp³-hybridized carbons (Fsp3) is 0.538. The van der Waals surface area contributed by atoms with Gasteiger partial charge in [0.2, 0.25) is 0 Å². The number of ketones is 1. The zero-order valence-electron chi connectivity index (χ0n) is 10.2. The molecule has 2 N–H and O–H groups in total. The van der Waals surface area contributed by atoms with Gasteiger partial charge in [-0.2, -0.15) is 0 Å². The minimum Gasteiger partial charge on any atom is -0.367 e. The van der Waals surface area contributed by atoms with Gasteiger partial charge in [0.05, 0.1) is 6.04 Å². The summed E-state index contributed by atoms with van der Waals surface area (Å²) in [6.07, 6.45) is 6.63. The van der Waals surface area contributed by atoms with Gasteiger partial charge in [-0.1, -0.05) is 0 Å². The van der Waals surface area contributed by atoms with Crippen LogP contribution in [0.1, 0.15) is 37.3 Å². The Bertz CT molecular complexity index is 445. The molecule has 5 heteroatoms. The Morgan fingerprint density at radius 2 is 2.00 bits per heavy atom. The molecule has 1 aliphatic heterocycles. The van der Waals surface area contributed by atoms with Crippen molar-refractivity contribution < 1.29 is 9.59 Å². The second-order valence-corrected chi connectivity index (χ2v) is 5.07. The van der Waals surface area contributed by atoms with E-state index in [0.717, 1.165) is 18.4 Å². The highest BCUT2D eigenvalue weighted by Gasteiger charge is 2.36. The van der Waals surface area contributed by atoms with Crippen LogP contribution in [0.25, 0.3) is 0 Å². The van der Waals surface area contributed by atoms with E-state index < -0.39 is 0 Å². The molecule has 2 amide bonds. The molecule has 2 aliphatic rings. The lowest BCUT2D eigenvalue weighted by molar-refractivity contribution is -0.121. The normalized spacial score (nSPS) is 25.6. The van der Waals surface area contributed by atoms with Crippen molar-refractivity contribution in [1.82, 2.24) is 15.2 Å². The van der Waals surface area contributed by atoms with Crippen LogP contribution in [-0.4, -0.2) is 34.3 Å². The van der Waals surface area contributed by atoms with Crippen molar-refractivity contribution in [2.24, 2.45) is 0 Å². The van der Waals surface area contributed by atoms with Crippen molar-refractivity contribution in [3.63, 3.8) is 0 Å². The summed E-state index contributed by atoms with van der Waals surface area (Å²) in [6.45, 7) is 0.704. The number of rotatable bonds is 2. The first kappa shape index (κ1) is 11.3. The predicted molar refractivity (Wildman–Crippen MR) is 66.0 cm³/mol. The van der Waals surface area contributed by atoms with Gasteiger partial charge in [0.1, 0.15) is 5.78 Å². The molecule has 0 spiro atoms. The number of hydrogen-bond donors (Lipinski definition) is 2. The van der Waals surface area contributed by atoms with Gasteiger partial charge in [-0.05, 0) is 24.5 Å². The minimum absolute atomic E-state index is 0.000508. The third kappa shape index (κ3) is 2.00. The average Bonchev–Trinajstić information content (AvgIpc) is 2.99. The number of amides is 2. The van der Waals surface area contributed by atoms with Crippen LogP contribution in [0.5, 0.6) is 0 Å². The predicted octanol–water partition coefficient (Wildman–Crippen LogP) is 1.59. The van der Waals surface area contributed by atoms with Gasteiger partial charge in [-0.25, -0.2) is 4.79 Å². The fourth-order valence-corrected chi connectivity index (χ4v) is 2.85. The van der Waals surface area contributed by atoms with Crippen molar-refractivity contribution in [1.29, 1.82) is 0 Å². The number of nitrogens with zero attached hydrogens (tertiary/aromatic N) is 1. The molecule has 1 aromatic rings. The van der Waals surface area contributed by atoms with Gasteiger partial charge in [0.25, 0.3) is 0 Å². The molecule has 3 rings (SSSR count). The third-order valence-corrected chi connectivity index (χ3v) is 3.92. The number of hydrogen-bond acceptors (Lipinski definition) is 2. The van der Waals surface area contributed by atoms with Crippen molar-refractivity contribution in [3.05, 3.63) is 24.0 Å². The smallest absolute Gasteiger partial charge is 0.318 e. The molecule has 0 aromatic carbocycles. The Balaban J connectivity index is 1.67. The minimum atomic E-state index is 0.000508. The number of aromatic nitrogens is 1. The first-order chi connectivity index (χ1) is 8.74. The van der Waals surface area contributed by atoms with Gasteiger partial charge in [0.15, 0.2) is 0 Å². The van der Waals surface area contributed by atoms with Crippen LogP contribution >= 0.6 is 0 Å². The second-order valence-electron chi connectivity index (χ2n) is 5.07. The topological polar surface area (TPSA) is 65.2 Å². The van der Waals surface area contributed by atoms with Gasteiger partial charge >= 0.3 is 6.03 Å². The maximum Gasteiger partial charge on any atom is 0.318 e. The quantitative estimate of drug-likeness (QED) is 0.833. The lowest BCUT2D eigenvalue weighted by atomic mass is 9.93. The number of aromatic amines is 1. The molecular formula is C13H17N3O2. The van der Waals surface area contributed by atoms with E-state index in [1.807, 2.05) is 23.4 Å². The summed E-state index contributed by atoms with van der Waals surface area (Å²) in [4.78, 5) is 28.1. The zero-order chi connectivity index (χ0) is 12.5. The first-order valence-corrected chi connectivity index (χ1v) is 6.45. The highest BCUT2D eigenvalue weighted by molar-refractivity contribution is 5.81. The molecule has 5 nitrogen and oxygen atoms in total. The number of Topliss-reactive ketones (excluding diaryl/α,β-unsaturated/α-hetero) is 1. The molecule has 18 heavy (non-hydrogen) atoms. The van der Waals surface area contributed by atoms with E-state index in [9.17, 15) is 9.59 Å². The summed E-state index contributed by atoms with van der Waals surface area (Å²) in [5, 5.41) is 3.00. The Morgan fingerprint density at radius 3 is 2.67 bits per heavy atom. The first-order valence-electron chi connectivity index (χ1n) is 6.45. The Kier molecular flexibility index (Phi) is 2.81. The monoisotopic (exact) mass is 247 g/mol. The third-order valence-electron chi connectivity index (χ3n) is 3.92. The summed E-state index contributed by atoms with van der Waals surface area (Å²) in [7, 11) is 0. The van der Waals surface area contributed by atoms with Crippen LogP contribution < -0.4 is 5.32 Å². The second kappa shape index (κ2) is 4.48.